The molecule has 0 saturated heterocycles. The molecule has 2 aliphatic rings. The molecule has 1 fully saturated rings. The third-order valence-corrected chi connectivity index (χ3v) is 4.36. The fourth-order valence-corrected chi connectivity index (χ4v) is 3.09. The van der Waals surface area contributed by atoms with Crippen LogP contribution in [0.1, 0.15) is 33.6 Å². The zero-order valence-electron chi connectivity index (χ0n) is 12.2. The number of hydrogen-bond donors (Lipinski definition) is 1. The van der Waals surface area contributed by atoms with E-state index < -0.39 is 0 Å². The second-order valence-corrected chi connectivity index (χ2v) is 6.06. The van der Waals surface area contributed by atoms with E-state index in [1.807, 2.05) is 7.05 Å². The van der Waals surface area contributed by atoms with E-state index in [0.29, 0.717) is 30.1 Å². The number of imide groups is 1. The molecule has 1 aromatic carbocycles. The highest BCUT2D eigenvalue weighted by molar-refractivity contribution is 6.21. The molecule has 1 aliphatic heterocycles. The fraction of sp³-hybridized carbons (Fsp3) is 0.500. The molecule has 5 nitrogen and oxygen atoms in total. The summed E-state index contributed by atoms with van der Waals surface area (Å²) in [6, 6.07) is 6.97. The lowest BCUT2D eigenvalue weighted by molar-refractivity contribution is 0.0273. The lowest BCUT2D eigenvalue weighted by atomic mass is 9.82. The Bertz CT molecular complexity index is 531. The number of nitrogens with zero attached hydrogens (tertiary/aromatic N) is 2. The predicted molar refractivity (Wildman–Crippen MR) is 78.0 cm³/mol. The molecule has 0 atom stereocenters. The lowest BCUT2D eigenvalue weighted by Crippen LogP contribution is -2.41. The van der Waals surface area contributed by atoms with Crippen molar-refractivity contribution in [3.05, 3.63) is 35.4 Å². The van der Waals surface area contributed by atoms with Crippen LogP contribution in [0.15, 0.2) is 24.3 Å². The lowest BCUT2D eigenvalue weighted by Gasteiger charge is -2.34. The van der Waals surface area contributed by atoms with Gasteiger partial charge in [0.1, 0.15) is 0 Å². The van der Waals surface area contributed by atoms with E-state index in [4.69, 9.17) is 0 Å². The van der Waals surface area contributed by atoms with Gasteiger partial charge in [-0.3, -0.25) is 14.5 Å². The van der Waals surface area contributed by atoms with Crippen molar-refractivity contribution in [2.24, 2.45) is 5.92 Å². The maximum Gasteiger partial charge on any atom is 0.261 e. The summed E-state index contributed by atoms with van der Waals surface area (Å²) in [5.41, 5.74) is 1.01. The van der Waals surface area contributed by atoms with Gasteiger partial charge < -0.3 is 10.0 Å². The van der Waals surface area contributed by atoms with Gasteiger partial charge in [-0.25, -0.2) is 0 Å². The molecule has 1 N–H and O–H groups in total. The molecular formula is C16H20N2O3. The third-order valence-electron chi connectivity index (χ3n) is 4.36. The van der Waals surface area contributed by atoms with E-state index in [2.05, 4.69) is 4.90 Å². The fourth-order valence-electron chi connectivity index (χ4n) is 3.09. The van der Waals surface area contributed by atoms with Crippen molar-refractivity contribution in [3.8, 4) is 0 Å². The van der Waals surface area contributed by atoms with Crippen LogP contribution in [0, 0.1) is 5.92 Å². The Labute approximate surface area is 124 Å². The summed E-state index contributed by atoms with van der Waals surface area (Å²) < 4.78 is 0. The molecule has 0 bridgehead atoms. The first-order chi connectivity index (χ1) is 10.1. The van der Waals surface area contributed by atoms with Gasteiger partial charge in [0.05, 0.1) is 17.2 Å². The summed E-state index contributed by atoms with van der Waals surface area (Å²) in [4.78, 5) is 27.9. The van der Waals surface area contributed by atoms with Crippen LogP contribution < -0.4 is 0 Å². The van der Waals surface area contributed by atoms with E-state index in [-0.39, 0.29) is 17.9 Å². The standard InChI is InChI=1S/C16H20N2O3/c1-17(10-11-8-12(19)9-11)6-7-18-15(20)13-4-2-3-5-14(13)16(18)21/h2-5,11-12,19H,6-10H2,1H3. The predicted octanol–water partition coefficient (Wildman–Crippen LogP) is 0.985. The van der Waals surface area contributed by atoms with Crippen LogP contribution in [-0.4, -0.2) is 59.5 Å². The maximum atomic E-state index is 12.2. The Morgan fingerprint density at radius 1 is 1.19 bits per heavy atom. The molecule has 5 heteroatoms. The second kappa shape index (κ2) is 5.58. The van der Waals surface area contributed by atoms with E-state index in [1.165, 1.54) is 4.90 Å². The molecule has 0 unspecified atom stereocenters. The topological polar surface area (TPSA) is 60.9 Å². The summed E-state index contributed by atoms with van der Waals surface area (Å²) in [5, 5.41) is 9.29. The normalized spacial score (nSPS) is 24.4. The minimum Gasteiger partial charge on any atom is -0.393 e. The van der Waals surface area contributed by atoms with Gasteiger partial charge >= 0.3 is 0 Å². The zero-order valence-corrected chi connectivity index (χ0v) is 12.2. The molecule has 1 aromatic rings. The Hall–Kier alpha value is -1.72. The minimum absolute atomic E-state index is 0.139. The summed E-state index contributed by atoms with van der Waals surface area (Å²) >= 11 is 0. The molecule has 0 spiro atoms. The average Bonchev–Trinajstić information content (AvgIpc) is 2.68. The Morgan fingerprint density at radius 2 is 1.76 bits per heavy atom. The van der Waals surface area contributed by atoms with Gasteiger partial charge in [0.2, 0.25) is 0 Å². The molecule has 0 aromatic heterocycles. The van der Waals surface area contributed by atoms with Crippen molar-refractivity contribution in [1.82, 2.24) is 9.80 Å². The smallest absolute Gasteiger partial charge is 0.261 e. The van der Waals surface area contributed by atoms with Crippen molar-refractivity contribution < 1.29 is 14.7 Å². The molecule has 2 amide bonds. The molecule has 1 heterocycles. The number of rotatable bonds is 5. The zero-order chi connectivity index (χ0) is 15.0. The molecule has 3 rings (SSSR count). The number of aliphatic hydroxyl groups excluding tert-OH is 1. The second-order valence-electron chi connectivity index (χ2n) is 6.06. The largest absolute Gasteiger partial charge is 0.393 e. The summed E-state index contributed by atoms with van der Waals surface area (Å²) in [6.45, 7) is 1.98. The number of carbonyl (C=O) groups is 2. The maximum absolute atomic E-state index is 12.2. The van der Waals surface area contributed by atoms with Crippen molar-refractivity contribution in [1.29, 1.82) is 0 Å². The molecular weight excluding hydrogens is 268 g/mol. The van der Waals surface area contributed by atoms with Gasteiger partial charge in [-0.2, -0.15) is 0 Å². The van der Waals surface area contributed by atoms with Gasteiger partial charge in [0.25, 0.3) is 11.8 Å². The first-order valence-electron chi connectivity index (χ1n) is 7.38. The highest BCUT2D eigenvalue weighted by Gasteiger charge is 2.35. The Balaban J connectivity index is 1.54. The summed E-state index contributed by atoms with van der Waals surface area (Å²) in [6.07, 6.45) is 1.58. The van der Waals surface area contributed by atoms with Crippen molar-refractivity contribution >= 4 is 11.8 Å². The van der Waals surface area contributed by atoms with Crippen molar-refractivity contribution in [2.75, 3.05) is 26.7 Å². The highest BCUT2D eigenvalue weighted by atomic mass is 16.3. The first-order valence-corrected chi connectivity index (χ1v) is 7.38. The van der Waals surface area contributed by atoms with Gasteiger partial charge in [-0.05, 0) is 37.9 Å². The summed E-state index contributed by atoms with van der Waals surface area (Å²) in [7, 11) is 1.99. The number of amides is 2. The van der Waals surface area contributed by atoms with Crippen LogP contribution >= 0.6 is 0 Å². The third kappa shape index (κ3) is 2.71. The number of hydrogen-bond acceptors (Lipinski definition) is 4. The number of fused-ring (bicyclic) bond motifs is 1. The van der Waals surface area contributed by atoms with Crippen LogP contribution in [0.5, 0.6) is 0 Å². The SMILES string of the molecule is CN(CCN1C(=O)c2ccccc2C1=O)CC1CC(O)C1. The van der Waals surface area contributed by atoms with Crippen LogP contribution in [0.4, 0.5) is 0 Å². The molecule has 21 heavy (non-hydrogen) atoms. The number of aliphatic hydroxyl groups is 1. The average molecular weight is 288 g/mol. The molecule has 1 aliphatic carbocycles. The first kappa shape index (κ1) is 14.2. The number of likely N-dealkylation sites (N-methyl/N-ethyl adjacent to an activating group) is 1. The van der Waals surface area contributed by atoms with E-state index in [9.17, 15) is 14.7 Å². The van der Waals surface area contributed by atoms with Gasteiger partial charge in [-0.15, -0.1) is 0 Å². The Morgan fingerprint density at radius 3 is 2.29 bits per heavy atom. The monoisotopic (exact) mass is 288 g/mol. The van der Waals surface area contributed by atoms with E-state index in [0.717, 1.165) is 19.4 Å². The van der Waals surface area contributed by atoms with Gasteiger partial charge in [-0.1, -0.05) is 12.1 Å². The van der Waals surface area contributed by atoms with Crippen LogP contribution in [0.3, 0.4) is 0 Å². The quantitative estimate of drug-likeness (QED) is 0.821. The molecule has 1 saturated carbocycles. The van der Waals surface area contributed by atoms with Crippen molar-refractivity contribution in [3.63, 3.8) is 0 Å². The van der Waals surface area contributed by atoms with Crippen LogP contribution in [0.25, 0.3) is 0 Å². The van der Waals surface area contributed by atoms with E-state index in [1.54, 1.807) is 24.3 Å². The Kier molecular flexibility index (Phi) is 3.78. The van der Waals surface area contributed by atoms with Crippen LogP contribution in [-0.2, 0) is 0 Å². The summed E-state index contributed by atoms with van der Waals surface area (Å²) in [5.74, 6) is 0.151. The minimum atomic E-state index is -0.192. The van der Waals surface area contributed by atoms with Crippen molar-refractivity contribution in [2.45, 2.75) is 18.9 Å². The van der Waals surface area contributed by atoms with Gasteiger partial charge in [0, 0.05) is 19.6 Å². The molecule has 112 valence electrons. The highest BCUT2D eigenvalue weighted by Crippen LogP contribution is 2.27. The van der Waals surface area contributed by atoms with Crippen LogP contribution in [0.2, 0.25) is 0 Å². The molecule has 0 radical (unpaired) electrons. The number of benzene rings is 1. The van der Waals surface area contributed by atoms with E-state index >= 15 is 0 Å². The number of carbonyl (C=O) groups excluding carboxylic acids is 2. The van der Waals surface area contributed by atoms with Gasteiger partial charge in [0.15, 0.2) is 0 Å².